The number of amides is 1. The maximum Gasteiger partial charge on any atom is 0.265 e. The van der Waals surface area contributed by atoms with Gasteiger partial charge in [0.05, 0.1) is 16.6 Å². The van der Waals surface area contributed by atoms with Gasteiger partial charge in [-0.3, -0.25) is 14.2 Å². The lowest BCUT2D eigenvalue weighted by Gasteiger charge is -2.39. The van der Waals surface area contributed by atoms with E-state index in [1.165, 1.54) is 17.0 Å². The van der Waals surface area contributed by atoms with Crippen molar-refractivity contribution in [1.82, 2.24) is 14.5 Å². The molecule has 30 heavy (non-hydrogen) atoms. The van der Waals surface area contributed by atoms with Crippen molar-refractivity contribution in [2.75, 3.05) is 13.1 Å². The molecule has 0 spiro atoms. The van der Waals surface area contributed by atoms with Crippen molar-refractivity contribution >= 4 is 27.6 Å². The number of carbonyl (C=O) groups excluding carboxylic acids is 1. The first-order valence-corrected chi connectivity index (χ1v) is 9.70. The van der Waals surface area contributed by atoms with Crippen molar-refractivity contribution in [3.63, 3.8) is 0 Å². The van der Waals surface area contributed by atoms with Gasteiger partial charge in [0.25, 0.3) is 5.56 Å². The second kappa shape index (κ2) is 6.84. The van der Waals surface area contributed by atoms with Crippen LogP contribution in [-0.4, -0.2) is 38.6 Å². The Morgan fingerprint density at radius 1 is 1.10 bits per heavy atom. The highest BCUT2D eigenvalue weighted by Gasteiger charge is 2.30. The van der Waals surface area contributed by atoms with Crippen molar-refractivity contribution in [2.24, 2.45) is 0 Å². The van der Waals surface area contributed by atoms with Crippen LogP contribution < -0.4 is 5.56 Å². The van der Waals surface area contributed by atoms with Crippen molar-refractivity contribution in [3.05, 3.63) is 89.5 Å². The van der Waals surface area contributed by atoms with Crippen LogP contribution in [-0.2, 0) is 4.79 Å². The molecule has 0 bridgehead atoms. The third-order valence-corrected chi connectivity index (χ3v) is 5.71. The smallest absolute Gasteiger partial charge is 0.265 e. The first kappa shape index (κ1) is 18.1. The molecular weight excluding hydrogens is 378 g/mol. The number of likely N-dealkylation sites (tertiary alicyclic amines) is 1. The third kappa shape index (κ3) is 2.85. The highest BCUT2D eigenvalue weighted by molar-refractivity contribution is 5.92. The monoisotopic (exact) mass is 397 g/mol. The zero-order valence-electron chi connectivity index (χ0n) is 16.2. The van der Waals surface area contributed by atoms with Gasteiger partial charge in [0, 0.05) is 30.5 Å². The van der Waals surface area contributed by atoms with E-state index in [1.807, 2.05) is 36.4 Å². The van der Waals surface area contributed by atoms with Crippen LogP contribution in [0.25, 0.3) is 27.4 Å². The second-order valence-electron chi connectivity index (χ2n) is 7.53. The Morgan fingerprint density at radius 2 is 1.90 bits per heavy atom. The molecule has 1 N–H and O–H groups in total. The number of fused-ring (bicyclic) bond motifs is 2. The maximum atomic E-state index is 13.2. The van der Waals surface area contributed by atoms with Crippen LogP contribution in [0.3, 0.4) is 0 Å². The minimum absolute atomic E-state index is 0.0635. The summed E-state index contributed by atoms with van der Waals surface area (Å²) in [6, 6.07) is 16.5. The van der Waals surface area contributed by atoms with Crippen molar-refractivity contribution in [3.8, 4) is 11.4 Å². The average Bonchev–Trinajstić information content (AvgIpc) is 2.72. The average molecular weight is 397 g/mol. The fourth-order valence-electron chi connectivity index (χ4n) is 4.04. The van der Waals surface area contributed by atoms with Gasteiger partial charge in [0.1, 0.15) is 12.1 Å². The number of nitrogens with zero attached hydrogens (tertiary/aromatic N) is 3. The molecule has 5 rings (SSSR count). The molecule has 6 heteroatoms. The summed E-state index contributed by atoms with van der Waals surface area (Å²) in [6.45, 7) is 4.80. The molecule has 3 aromatic carbocycles. The molecule has 2 heterocycles. The summed E-state index contributed by atoms with van der Waals surface area (Å²) in [4.78, 5) is 31.1. The van der Waals surface area contributed by atoms with Crippen LogP contribution in [0.1, 0.15) is 11.5 Å². The quantitative estimate of drug-likeness (QED) is 0.538. The lowest BCUT2D eigenvalue weighted by Crippen LogP contribution is -2.47. The maximum absolute atomic E-state index is 13.2. The van der Waals surface area contributed by atoms with E-state index in [0.29, 0.717) is 29.7 Å². The number of rotatable bonds is 3. The predicted octanol–water partition coefficient (Wildman–Crippen LogP) is 3.36. The molecule has 0 unspecified atom stereocenters. The van der Waals surface area contributed by atoms with Gasteiger partial charge in [0.15, 0.2) is 0 Å². The summed E-state index contributed by atoms with van der Waals surface area (Å²) < 4.78 is 1.47. The van der Waals surface area contributed by atoms with E-state index in [-0.39, 0.29) is 23.1 Å². The molecule has 6 nitrogen and oxygen atoms in total. The van der Waals surface area contributed by atoms with Crippen LogP contribution >= 0.6 is 0 Å². The van der Waals surface area contributed by atoms with Crippen molar-refractivity contribution in [1.29, 1.82) is 0 Å². The van der Waals surface area contributed by atoms with Crippen molar-refractivity contribution < 1.29 is 9.90 Å². The molecule has 1 aliphatic rings. The zero-order valence-corrected chi connectivity index (χ0v) is 16.2. The fourth-order valence-corrected chi connectivity index (χ4v) is 4.04. The first-order chi connectivity index (χ1) is 14.5. The largest absolute Gasteiger partial charge is 0.508 e. The summed E-state index contributed by atoms with van der Waals surface area (Å²) >= 11 is 0. The molecule has 1 aromatic heterocycles. The molecule has 0 saturated carbocycles. The molecular formula is C24H19N3O3. The Morgan fingerprint density at radius 3 is 2.70 bits per heavy atom. The standard InChI is InChI=1S/C24H19N3O3/c1-2-23(29)26-12-17(13-26)15-7-8-20-21(10-15)25-14-27(24(20)30)22-11-18(28)9-16-5-3-4-6-19(16)22/h2-11,14,17,28H,1,12-13H2. The Hall–Kier alpha value is -3.93. The Labute approximate surface area is 172 Å². The zero-order chi connectivity index (χ0) is 20.8. The third-order valence-electron chi connectivity index (χ3n) is 5.71. The molecule has 1 fully saturated rings. The molecule has 1 saturated heterocycles. The summed E-state index contributed by atoms with van der Waals surface area (Å²) in [5.74, 6) is 0.263. The van der Waals surface area contributed by atoms with E-state index in [1.54, 1.807) is 23.1 Å². The first-order valence-electron chi connectivity index (χ1n) is 9.70. The van der Waals surface area contributed by atoms with Gasteiger partial charge < -0.3 is 10.0 Å². The minimum atomic E-state index is -0.195. The van der Waals surface area contributed by atoms with E-state index >= 15 is 0 Å². The van der Waals surface area contributed by atoms with E-state index in [4.69, 9.17) is 0 Å². The Bertz CT molecular complexity index is 1380. The summed E-state index contributed by atoms with van der Waals surface area (Å²) in [5.41, 5.74) is 2.07. The normalized spacial score (nSPS) is 14.1. The highest BCUT2D eigenvalue weighted by Crippen LogP contribution is 2.30. The van der Waals surface area contributed by atoms with Gasteiger partial charge in [-0.1, -0.05) is 36.9 Å². The van der Waals surface area contributed by atoms with Crippen LogP contribution in [0.4, 0.5) is 0 Å². The van der Waals surface area contributed by atoms with Crippen molar-refractivity contribution in [2.45, 2.75) is 5.92 Å². The van der Waals surface area contributed by atoms with Gasteiger partial charge >= 0.3 is 0 Å². The number of hydrogen-bond acceptors (Lipinski definition) is 4. The van der Waals surface area contributed by atoms with Gasteiger partial charge in [-0.25, -0.2) is 4.98 Å². The van der Waals surface area contributed by atoms with Crippen LogP contribution in [0.2, 0.25) is 0 Å². The van der Waals surface area contributed by atoms with Gasteiger partial charge in [-0.2, -0.15) is 0 Å². The fraction of sp³-hybridized carbons (Fsp3) is 0.125. The lowest BCUT2D eigenvalue weighted by molar-refractivity contribution is -0.130. The van der Waals surface area contributed by atoms with E-state index < -0.39 is 0 Å². The lowest BCUT2D eigenvalue weighted by atomic mass is 9.91. The molecule has 1 aliphatic heterocycles. The minimum Gasteiger partial charge on any atom is -0.508 e. The summed E-state index contributed by atoms with van der Waals surface area (Å²) in [5, 5.41) is 12.3. The van der Waals surface area contributed by atoms with E-state index in [2.05, 4.69) is 11.6 Å². The van der Waals surface area contributed by atoms with Crippen LogP contribution in [0.5, 0.6) is 5.75 Å². The number of aromatic nitrogens is 2. The van der Waals surface area contributed by atoms with Crippen LogP contribution in [0, 0.1) is 0 Å². The van der Waals surface area contributed by atoms with E-state index in [9.17, 15) is 14.7 Å². The Balaban J connectivity index is 1.56. The van der Waals surface area contributed by atoms with Gasteiger partial charge in [-0.15, -0.1) is 0 Å². The molecule has 4 aromatic rings. The van der Waals surface area contributed by atoms with Gasteiger partial charge in [0.2, 0.25) is 5.91 Å². The summed E-state index contributed by atoms with van der Waals surface area (Å²) in [7, 11) is 0. The molecule has 0 radical (unpaired) electrons. The van der Waals surface area contributed by atoms with E-state index in [0.717, 1.165) is 16.3 Å². The number of hydrogen-bond donors (Lipinski definition) is 1. The predicted molar refractivity (Wildman–Crippen MR) is 116 cm³/mol. The number of phenols is 1. The molecule has 1 amide bonds. The molecule has 0 atom stereocenters. The molecule has 0 aliphatic carbocycles. The highest BCUT2D eigenvalue weighted by atomic mass is 16.3. The Kier molecular flexibility index (Phi) is 4.13. The van der Waals surface area contributed by atoms with Gasteiger partial charge in [-0.05, 0) is 35.2 Å². The SMILES string of the molecule is C=CC(=O)N1CC(c2ccc3c(=O)n(-c4cc(O)cc5ccccc45)cnc3c2)C1. The number of benzene rings is 3. The topological polar surface area (TPSA) is 75.4 Å². The summed E-state index contributed by atoms with van der Waals surface area (Å²) in [6.07, 6.45) is 2.83. The van der Waals surface area contributed by atoms with Crippen LogP contribution in [0.15, 0.2) is 78.4 Å². The number of phenolic OH excluding ortho intramolecular Hbond substituents is 1. The molecule has 148 valence electrons. The number of carbonyl (C=O) groups is 1. The number of aromatic hydroxyl groups is 1. The second-order valence-corrected chi connectivity index (χ2v) is 7.53.